The highest BCUT2D eigenvalue weighted by molar-refractivity contribution is 7.91. The van der Waals surface area contributed by atoms with Crippen LogP contribution in [0.1, 0.15) is 18.4 Å². The van der Waals surface area contributed by atoms with Crippen molar-refractivity contribution in [3.63, 3.8) is 0 Å². The van der Waals surface area contributed by atoms with Crippen LogP contribution in [0.2, 0.25) is 0 Å². The molecule has 2 amide bonds. The van der Waals surface area contributed by atoms with Crippen LogP contribution in [0.25, 0.3) is 0 Å². The quantitative estimate of drug-likeness (QED) is 0.661. The number of amides is 2. The Labute approximate surface area is 199 Å². The van der Waals surface area contributed by atoms with Crippen LogP contribution in [-0.2, 0) is 25.0 Å². The summed E-state index contributed by atoms with van der Waals surface area (Å²) < 4.78 is 27.9. The van der Waals surface area contributed by atoms with Crippen molar-refractivity contribution in [2.45, 2.75) is 22.5 Å². The molecule has 2 aliphatic heterocycles. The number of hydrogen-bond donors (Lipinski definition) is 1. The second-order valence-corrected chi connectivity index (χ2v) is 11.6. The number of sulfonamides is 1. The van der Waals surface area contributed by atoms with E-state index in [4.69, 9.17) is 0 Å². The Kier molecular flexibility index (Phi) is 7.18. The van der Waals surface area contributed by atoms with E-state index in [9.17, 15) is 18.0 Å². The van der Waals surface area contributed by atoms with Crippen LogP contribution < -0.4 is 5.32 Å². The molecule has 10 heteroatoms. The number of likely N-dealkylation sites (N-methyl/N-ethyl adjacent to an activating group) is 1. The number of rotatable bonds is 6. The van der Waals surface area contributed by atoms with Crippen LogP contribution in [0.3, 0.4) is 0 Å². The van der Waals surface area contributed by atoms with Gasteiger partial charge in [-0.15, -0.1) is 11.3 Å². The van der Waals surface area contributed by atoms with Crippen molar-refractivity contribution in [3.05, 3.63) is 53.4 Å². The normalized spacial score (nSPS) is 19.8. The lowest BCUT2D eigenvalue weighted by atomic mass is 9.72. The van der Waals surface area contributed by atoms with Gasteiger partial charge in [0.2, 0.25) is 11.8 Å². The number of piperidine rings is 1. The zero-order valence-electron chi connectivity index (χ0n) is 18.8. The average Bonchev–Trinajstić information content (AvgIpc) is 3.41. The molecule has 1 aromatic carbocycles. The molecule has 2 fully saturated rings. The van der Waals surface area contributed by atoms with E-state index in [0.29, 0.717) is 62.9 Å². The van der Waals surface area contributed by atoms with Gasteiger partial charge in [-0.25, -0.2) is 8.42 Å². The molecule has 0 aliphatic carbocycles. The fraction of sp³-hybridized carbons (Fsp3) is 0.478. The number of carbonyl (C=O) groups excluding carboxylic acids is 2. The number of thiophene rings is 1. The highest BCUT2D eigenvalue weighted by Gasteiger charge is 2.47. The summed E-state index contributed by atoms with van der Waals surface area (Å²) in [7, 11) is -1.92. The van der Waals surface area contributed by atoms with Crippen molar-refractivity contribution in [1.29, 1.82) is 0 Å². The molecule has 1 aromatic heterocycles. The van der Waals surface area contributed by atoms with Gasteiger partial charge in [-0.1, -0.05) is 36.4 Å². The van der Waals surface area contributed by atoms with Crippen LogP contribution in [0.5, 0.6) is 0 Å². The van der Waals surface area contributed by atoms with E-state index in [0.717, 1.165) is 5.56 Å². The predicted molar refractivity (Wildman–Crippen MR) is 128 cm³/mol. The first-order valence-electron chi connectivity index (χ1n) is 11.2. The minimum atomic E-state index is -3.54. The lowest BCUT2D eigenvalue weighted by molar-refractivity contribution is -0.141. The molecule has 0 saturated carbocycles. The van der Waals surface area contributed by atoms with Crippen LogP contribution in [0.15, 0.2) is 52.1 Å². The van der Waals surface area contributed by atoms with Gasteiger partial charge in [0.15, 0.2) is 0 Å². The first kappa shape index (κ1) is 23.9. The molecule has 1 N–H and O–H groups in total. The van der Waals surface area contributed by atoms with E-state index in [1.54, 1.807) is 24.6 Å². The Hall–Kier alpha value is -2.27. The van der Waals surface area contributed by atoms with Gasteiger partial charge in [-0.2, -0.15) is 4.31 Å². The molecule has 2 aliphatic rings. The third-order valence-corrected chi connectivity index (χ3v) is 9.98. The lowest BCUT2D eigenvalue weighted by Gasteiger charge is -2.45. The van der Waals surface area contributed by atoms with Gasteiger partial charge in [-0.05, 0) is 29.9 Å². The Balaban J connectivity index is 1.51. The van der Waals surface area contributed by atoms with Gasteiger partial charge in [-0.3, -0.25) is 14.5 Å². The summed E-state index contributed by atoms with van der Waals surface area (Å²) in [6.45, 7) is 3.34. The summed E-state index contributed by atoms with van der Waals surface area (Å²) in [6.07, 6.45) is 0.887. The molecular weight excluding hydrogens is 460 g/mol. The number of carbonyl (C=O) groups is 2. The van der Waals surface area contributed by atoms with Crippen LogP contribution >= 0.6 is 11.3 Å². The van der Waals surface area contributed by atoms with Crippen molar-refractivity contribution in [2.24, 2.45) is 0 Å². The minimum absolute atomic E-state index is 0.0325. The van der Waals surface area contributed by atoms with E-state index >= 15 is 0 Å². The summed E-state index contributed by atoms with van der Waals surface area (Å²) in [4.78, 5) is 29.5. The fourth-order valence-electron chi connectivity index (χ4n) is 4.72. The summed E-state index contributed by atoms with van der Waals surface area (Å²) in [6, 6.07) is 13.1. The summed E-state index contributed by atoms with van der Waals surface area (Å²) in [5.41, 5.74) is 0.196. The van der Waals surface area contributed by atoms with Crippen molar-refractivity contribution >= 4 is 33.2 Å². The Morgan fingerprint density at radius 1 is 0.970 bits per heavy atom. The zero-order valence-corrected chi connectivity index (χ0v) is 20.4. The smallest absolute Gasteiger partial charge is 0.252 e. The standard InChI is InChI=1S/C23H30N4O4S2/c1-24-20(28)18-25-13-15-26(16-14-25)22(29)23(19-6-3-2-4-7-19)9-11-27(12-10-23)33(30,31)21-8-5-17-32-21/h2-8,17H,9-16,18H2,1H3,(H,24,28). The van der Waals surface area contributed by atoms with Crippen LogP contribution in [-0.4, -0.2) is 87.2 Å². The topological polar surface area (TPSA) is 90.0 Å². The number of hydrogen-bond acceptors (Lipinski definition) is 6. The molecule has 0 unspecified atom stereocenters. The summed E-state index contributed by atoms with van der Waals surface area (Å²) in [5.74, 6) is 0.0244. The largest absolute Gasteiger partial charge is 0.358 e. The molecule has 0 spiro atoms. The van der Waals surface area contributed by atoms with Gasteiger partial charge in [0, 0.05) is 46.3 Å². The van der Waals surface area contributed by atoms with Crippen molar-refractivity contribution in [3.8, 4) is 0 Å². The monoisotopic (exact) mass is 490 g/mol. The predicted octanol–water partition coefficient (Wildman–Crippen LogP) is 1.36. The molecule has 33 heavy (non-hydrogen) atoms. The number of nitrogens with one attached hydrogen (secondary N) is 1. The fourth-order valence-corrected chi connectivity index (χ4v) is 7.31. The van der Waals surface area contributed by atoms with E-state index in [2.05, 4.69) is 5.32 Å². The molecule has 2 saturated heterocycles. The molecule has 4 rings (SSSR count). The summed E-state index contributed by atoms with van der Waals surface area (Å²) >= 11 is 1.22. The molecule has 0 bridgehead atoms. The highest BCUT2D eigenvalue weighted by atomic mass is 32.2. The molecular formula is C23H30N4O4S2. The summed E-state index contributed by atoms with van der Waals surface area (Å²) in [5, 5.41) is 4.40. The van der Waals surface area contributed by atoms with Gasteiger partial charge in [0.25, 0.3) is 10.0 Å². The third kappa shape index (κ3) is 4.84. The maximum Gasteiger partial charge on any atom is 0.252 e. The number of benzene rings is 1. The van der Waals surface area contributed by atoms with Crippen molar-refractivity contribution in [1.82, 2.24) is 19.4 Å². The highest BCUT2D eigenvalue weighted by Crippen LogP contribution is 2.39. The van der Waals surface area contributed by atoms with E-state index in [1.807, 2.05) is 40.1 Å². The minimum Gasteiger partial charge on any atom is -0.358 e. The number of piperazine rings is 1. The van der Waals surface area contributed by atoms with Crippen molar-refractivity contribution in [2.75, 3.05) is 52.9 Å². The Bertz CT molecular complexity index is 1060. The molecule has 178 valence electrons. The van der Waals surface area contributed by atoms with Gasteiger partial charge >= 0.3 is 0 Å². The first-order valence-corrected chi connectivity index (χ1v) is 13.5. The average molecular weight is 491 g/mol. The maximum atomic E-state index is 13.9. The van der Waals surface area contributed by atoms with Gasteiger partial charge in [0.1, 0.15) is 4.21 Å². The Morgan fingerprint density at radius 2 is 1.64 bits per heavy atom. The Morgan fingerprint density at radius 3 is 2.21 bits per heavy atom. The van der Waals surface area contributed by atoms with E-state index < -0.39 is 15.4 Å². The molecule has 8 nitrogen and oxygen atoms in total. The molecule has 0 radical (unpaired) electrons. The van der Waals surface area contributed by atoms with E-state index in [1.165, 1.54) is 15.6 Å². The van der Waals surface area contributed by atoms with Gasteiger partial charge in [0.05, 0.1) is 12.0 Å². The zero-order chi connectivity index (χ0) is 23.5. The van der Waals surface area contributed by atoms with Gasteiger partial charge < -0.3 is 10.2 Å². The molecule has 3 heterocycles. The van der Waals surface area contributed by atoms with E-state index in [-0.39, 0.29) is 11.8 Å². The van der Waals surface area contributed by atoms with Crippen molar-refractivity contribution < 1.29 is 18.0 Å². The second-order valence-electron chi connectivity index (χ2n) is 8.53. The lowest BCUT2D eigenvalue weighted by Crippen LogP contribution is -2.58. The maximum absolute atomic E-state index is 13.9. The SMILES string of the molecule is CNC(=O)CN1CCN(C(=O)C2(c3ccccc3)CCN(S(=O)(=O)c3cccs3)CC2)CC1. The third-order valence-electron chi connectivity index (χ3n) is 6.71. The molecule has 0 atom stereocenters. The van der Waals surface area contributed by atoms with Crippen LogP contribution in [0, 0.1) is 0 Å². The molecule has 2 aromatic rings. The second kappa shape index (κ2) is 9.92. The number of nitrogens with zero attached hydrogens (tertiary/aromatic N) is 3. The van der Waals surface area contributed by atoms with Crippen LogP contribution in [0.4, 0.5) is 0 Å². The first-order chi connectivity index (χ1) is 15.9.